The Hall–Kier alpha value is -2.87. The van der Waals surface area contributed by atoms with Gasteiger partial charge in [-0.05, 0) is 48.6 Å². The molecule has 5 nitrogen and oxygen atoms in total. The first-order valence-corrected chi connectivity index (χ1v) is 7.59. The van der Waals surface area contributed by atoms with Gasteiger partial charge in [-0.25, -0.2) is 9.78 Å². The molecule has 1 aliphatic rings. The lowest BCUT2D eigenvalue weighted by Gasteiger charge is -2.18. The predicted octanol–water partition coefficient (Wildman–Crippen LogP) is 2.72. The minimum absolute atomic E-state index is 0.328. The summed E-state index contributed by atoms with van der Waals surface area (Å²) in [7, 11) is 0. The Morgan fingerprint density at radius 3 is 3.04 bits per heavy atom. The zero-order valence-electron chi connectivity index (χ0n) is 12.6. The molecule has 0 spiro atoms. The number of carbonyl (C=O) groups is 1. The van der Waals surface area contributed by atoms with E-state index in [4.69, 9.17) is 5.11 Å². The molecular weight excluding hydrogens is 290 g/mol. The molecule has 23 heavy (non-hydrogen) atoms. The number of rotatable bonds is 4. The summed E-state index contributed by atoms with van der Waals surface area (Å²) < 4.78 is 0. The fourth-order valence-corrected chi connectivity index (χ4v) is 3.09. The second kappa shape index (κ2) is 6.49. The number of carboxylic acids is 1. The summed E-state index contributed by atoms with van der Waals surface area (Å²) >= 11 is 0. The summed E-state index contributed by atoms with van der Waals surface area (Å²) in [6, 6.07) is 12.9. The molecule has 0 radical (unpaired) electrons. The molecule has 0 saturated carbocycles. The Morgan fingerprint density at radius 2 is 2.26 bits per heavy atom. The number of anilines is 1. The van der Waals surface area contributed by atoms with Crippen molar-refractivity contribution >= 4 is 11.8 Å². The van der Waals surface area contributed by atoms with E-state index < -0.39 is 5.97 Å². The normalized spacial score (nSPS) is 17.0. The number of aromatic carboxylic acids is 1. The number of benzene rings is 1. The molecule has 1 atom stereocenters. The Labute approximate surface area is 134 Å². The fourth-order valence-electron chi connectivity index (χ4n) is 3.09. The van der Waals surface area contributed by atoms with E-state index in [0.29, 0.717) is 17.0 Å². The quantitative estimate of drug-likeness (QED) is 0.939. The van der Waals surface area contributed by atoms with Crippen LogP contribution in [0.3, 0.4) is 0 Å². The molecule has 1 aliphatic heterocycles. The van der Waals surface area contributed by atoms with E-state index in [1.54, 1.807) is 36.5 Å². The van der Waals surface area contributed by atoms with Crippen LogP contribution in [0.4, 0.5) is 5.82 Å². The molecule has 116 valence electrons. The van der Waals surface area contributed by atoms with Crippen molar-refractivity contribution in [2.75, 3.05) is 18.0 Å². The van der Waals surface area contributed by atoms with Crippen molar-refractivity contribution < 1.29 is 9.90 Å². The van der Waals surface area contributed by atoms with Crippen LogP contribution >= 0.6 is 0 Å². The van der Waals surface area contributed by atoms with Crippen molar-refractivity contribution in [2.45, 2.75) is 12.8 Å². The van der Waals surface area contributed by atoms with Gasteiger partial charge >= 0.3 is 5.97 Å². The monoisotopic (exact) mass is 307 g/mol. The van der Waals surface area contributed by atoms with Crippen LogP contribution in [0.25, 0.3) is 0 Å². The highest BCUT2D eigenvalue weighted by Crippen LogP contribution is 2.27. The van der Waals surface area contributed by atoms with Gasteiger partial charge in [0.1, 0.15) is 11.9 Å². The van der Waals surface area contributed by atoms with Crippen molar-refractivity contribution in [2.24, 2.45) is 5.92 Å². The molecule has 2 heterocycles. The maximum absolute atomic E-state index is 11.1. The summed E-state index contributed by atoms with van der Waals surface area (Å²) in [5, 5.41) is 18.3. The summed E-state index contributed by atoms with van der Waals surface area (Å²) in [6.45, 7) is 1.71. The van der Waals surface area contributed by atoms with Crippen molar-refractivity contribution in [1.29, 1.82) is 5.26 Å². The molecular formula is C18H17N3O2. The first kappa shape index (κ1) is 15.0. The van der Waals surface area contributed by atoms with Gasteiger partial charge in [-0.2, -0.15) is 5.26 Å². The highest BCUT2D eigenvalue weighted by atomic mass is 16.4. The molecule has 1 aromatic heterocycles. The highest BCUT2D eigenvalue weighted by Gasteiger charge is 2.25. The van der Waals surface area contributed by atoms with Gasteiger partial charge in [0, 0.05) is 19.3 Å². The summed E-state index contributed by atoms with van der Waals surface area (Å²) in [5.41, 5.74) is 1.97. The number of carboxylic acid groups (broad SMARTS) is 1. The van der Waals surface area contributed by atoms with Crippen LogP contribution in [-0.2, 0) is 6.42 Å². The zero-order valence-corrected chi connectivity index (χ0v) is 12.6. The molecule has 1 N–H and O–H groups in total. The largest absolute Gasteiger partial charge is 0.478 e. The zero-order chi connectivity index (χ0) is 16.2. The first-order valence-electron chi connectivity index (χ1n) is 7.59. The maximum Gasteiger partial charge on any atom is 0.335 e. The van der Waals surface area contributed by atoms with Gasteiger partial charge in [0.2, 0.25) is 0 Å². The molecule has 0 amide bonds. The molecule has 1 fully saturated rings. The molecule has 0 unspecified atom stereocenters. The molecule has 0 bridgehead atoms. The minimum Gasteiger partial charge on any atom is -0.478 e. The van der Waals surface area contributed by atoms with Crippen LogP contribution in [0.2, 0.25) is 0 Å². The van der Waals surface area contributed by atoms with Gasteiger partial charge in [-0.15, -0.1) is 0 Å². The lowest BCUT2D eigenvalue weighted by Crippen LogP contribution is -2.22. The van der Waals surface area contributed by atoms with Gasteiger partial charge in [-0.3, -0.25) is 0 Å². The molecule has 5 heteroatoms. The SMILES string of the molecule is N#Cc1cccnc1N1CC[C@H](Cc2cccc(C(=O)O)c2)C1. The van der Waals surface area contributed by atoms with Gasteiger partial charge in [0.05, 0.1) is 11.1 Å². The number of nitrogens with zero attached hydrogens (tertiary/aromatic N) is 3. The van der Waals surface area contributed by atoms with E-state index in [-0.39, 0.29) is 0 Å². The highest BCUT2D eigenvalue weighted by molar-refractivity contribution is 5.87. The molecule has 2 aromatic rings. The Kier molecular flexibility index (Phi) is 4.24. The number of aromatic nitrogens is 1. The van der Waals surface area contributed by atoms with Crippen LogP contribution in [0.5, 0.6) is 0 Å². The third kappa shape index (κ3) is 3.32. The van der Waals surface area contributed by atoms with E-state index in [1.165, 1.54) is 0 Å². The van der Waals surface area contributed by atoms with Crippen LogP contribution in [0.15, 0.2) is 42.6 Å². The lowest BCUT2D eigenvalue weighted by molar-refractivity contribution is 0.0696. The van der Waals surface area contributed by atoms with Crippen LogP contribution in [0.1, 0.15) is 27.9 Å². The molecule has 3 rings (SSSR count). The standard InChI is InChI=1S/C18H17N3O2/c19-11-16-5-2-7-20-17(16)21-8-6-14(12-21)9-13-3-1-4-15(10-13)18(22)23/h1-5,7,10,14H,6,8-9,12H2,(H,22,23)/t14-/m1/s1. The number of hydrogen-bond donors (Lipinski definition) is 1. The van der Waals surface area contributed by atoms with E-state index in [2.05, 4.69) is 16.0 Å². The Morgan fingerprint density at radius 1 is 1.39 bits per heavy atom. The summed E-state index contributed by atoms with van der Waals surface area (Å²) in [5.74, 6) is 0.288. The summed E-state index contributed by atoms with van der Waals surface area (Å²) in [6.07, 6.45) is 3.56. The van der Waals surface area contributed by atoms with Gasteiger partial charge < -0.3 is 10.0 Å². The van der Waals surface area contributed by atoms with Gasteiger partial charge in [0.15, 0.2) is 0 Å². The lowest BCUT2D eigenvalue weighted by atomic mass is 9.97. The van der Waals surface area contributed by atoms with Crippen LogP contribution in [-0.4, -0.2) is 29.1 Å². The number of nitriles is 1. The minimum atomic E-state index is -0.896. The molecule has 1 aromatic carbocycles. The Bertz CT molecular complexity index is 767. The third-order valence-corrected chi connectivity index (χ3v) is 4.19. The smallest absolute Gasteiger partial charge is 0.335 e. The molecule has 1 saturated heterocycles. The average Bonchev–Trinajstić information content (AvgIpc) is 3.03. The van der Waals surface area contributed by atoms with Crippen LogP contribution in [0, 0.1) is 17.2 Å². The van der Waals surface area contributed by atoms with Crippen molar-refractivity contribution in [1.82, 2.24) is 4.98 Å². The van der Waals surface area contributed by atoms with Crippen molar-refractivity contribution in [3.05, 3.63) is 59.3 Å². The number of hydrogen-bond acceptors (Lipinski definition) is 4. The number of pyridine rings is 1. The second-order valence-electron chi connectivity index (χ2n) is 5.80. The average molecular weight is 307 g/mol. The first-order chi connectivity index (χ1) is 11.2. The second-order valence-corrected chi connectivity index (χ2v) is 5.80. The third-order valence-electron chi connectivity index (χ3n) is 4.19. The van der Waals surface area contributed by atoms with Crippen molar-refractivity contribution in [3.8, 4) is 6.07 Å². The molecule has 0 aliphatic carbocycles. The predicted molar refractivity (Wildman–Crippen MR) is 86.4 cm³/mol. The Balaban J connectivity index is 1.70. The maximum atomic E-state index is 11.1. The van der Waals surface area contributed by atoms with E-state index in [9.17, 15) is 10.1 Å². The van der Waals surface area contributed by atoms with E-state index in [1.807, 2.05) is 6.07 Å². The van der Waals surface area contributed by atoms with Gasteiger partial charge in [-0.1, -0.05) is 12.1 Å². The van der Waals surface area contributed by atoms with Gasteiger partial charge in [0.25, 0.3) is 0 Å². The van der Waals surface area contributed by atoms with Crippen LogP contribution < -0.4 is 4.90 Å². The van der Waals surface area contributed by atoms with Crippen molar-refractivity contribution in [3.63, 3.8) is 0 Å². The fraction of sp³-hybridized carbons (Fsp3) is 0.278. The van der Waals surface area contributed by atoms with E-state index >= 15 is 0 Å². The van der Waals surface area contributed by atoms with E-state index in [0.717, 1.165) is 37.3 Å². The topological polar surface area (TPSA) is 77.2 Å². The summed E-state index contributed by atoms with van der Waals surface area (Å²) in [4.78, 5) is 17.5.